The number of aryl methyl sites for hydroxylation is 1. The Labute approximate surface area is 90.3 Å². The molecule has 15 heavy (non-hydrogen) atoms. The lowest BCUT2D eigenvalue weighted by Crippen LogP contribution is -2.08. The summed E-state index contributed by atoms with van der Waals surface area (Å²) in [5.74, 6) is 0. The predicted octanol–water partition coefficient (Wildman–Crippen LogP) is 2.39. The first-order chi connectivity index (χ1) is 7.40. The van der Waals surface area contributed by atoms with Crippen molar-refractivity contribution in [3.8, 4) is 0 Å². The van der Waals surface area contributed by atoms with Crippen molar-refractivity contribution in [1.29, 1.82) is 0 Å². The van der Waals surface area contributed by atoms with E-state index in [4.69, 9.17) is 0 Å². The van der Waals surface area contributed by atoms with Crippen LogP contribution in [0.15, 0.2) is 36.5 Å². The highest BCUT2D eigenvalue weighted by Crippen LogP contribution is 2.14. The molecule has 0 spiro atoms. The van der Waals surface area contributed by atoms with Crippen LogP contribution in [0, 0.1) is 0 Å². The van der Waals surface area contributed by atoms with E-state index in [1.54, 1.807) is 0 Å². The molecule has 0 unspecified atom stereocenters. The van der Waals surface area contributed by atoms with Gasteiger partial charge in [-0.3, -0.25) is 4.98 Å². The zero-order chi connectivity index (χ0) is 10.5. The Morgan fingerprint density at radius 1 is 1.27 bits per heavy atom. The number of fused-ring (bicyclic) bond motifs is 1. The molecule has 0 aliphatic heterocycles. The SMILES string of the molecule is CNCCCc1ccc2ncccc2c1. The molecule has 0 saturated heterocycles. The Kier molecular flexibility index (Phi) is 3.30. The molecule has 1 heterocycles. The number of aromatic nitrogens is 1. The third kappa shape index (κ3) is 2.54. The second-order valence-electron chi connectivity index (χ2n) is 3.74. The summed E-state index contributed by atoms with van der Waals surface area (Å²) in [5.41, 5.74) is 2.47. The molecule has 2 aromatic rings. The van der Waals surface area contributed by atoms with Crippen LogP contribution in [-0.4, -0.2) is 18.6 Å². The van der Waals surface area contributed by atoms with E-state index in [1.165, 1.54) is 17.4 Å². The summed E-state index contributed by atoms with van der Waals surface area (Å²) >= 11 is 0. The van der Waals surface area contributed by atoms with Crippen molar-refractivity contribution >= 4 is 10.9 Å². The van der Waals surface area contributed by atoms with Gasteiger partial charge in [-0.15, -0.1) is 0 Å². The molecule has 0 aliphatic carbocycles. The molecule has 0 saturated carbocycles. The zero-order valence-corrected chi connectivity index (χ0v) is 9.03. The Bertz CT molecular complexity index is 437. The molecular weight excluding hydrogens is 184 g/mol. The fourth-order valence-corrected chi connectivity index (χ4v) is 1.75. The van der Waals surface area contributed by atoms with Crippen molar-refractivity contribution in [1.82, 2.24) is 10.3 Å². The van der Waals surface area contributed by atoms with E-state index in [-0.39, 0.29) is 0 Å². The monoisotopic (exact) mass is 200 g/mol. The molecule has 0 amide bonds. The largest absolute Gasteiger partial charge is 0.320 e. The summed E-state index contributed by atoms with van der Waals surface area (Å²) in [7, 11) is 1.99. The van der Waals surface area contributed by atoms with Crippen LogP contribution in [0.3, 0.4) is 0 Å². The lowest BCUT2D eigenvalue weighted by molar-refractivity contribution is 0.725. The topological polar surface area (TPSA) is 24.9 Å². The lowest BCUT2D eigenvalue weighted by atomic mass is 10.1. The minimum atomic E-state index is 1.07. The Balaban J connectivity index is 2.16. The molecule has 1 aromatic heterocycles. The van der Waals surface area contributed by atoms with E-state index < -0.39 is 0 Å². The number of benzene rings is 1. The first-order valence-corrected chi connectivity index (χ1v) is 5.38. The van der Waals surface area contributed by atoms with E-state index in [0.717, 1.165) is 18.5 Å². The van der Waals surface area contributed by atoms with Gasteiger partial charge in [-0.2, -0.15) is 0 Å². The van der Waals surface area contributed by atoms with Crippen molar-refractivity contribution in [3.63, 3.8) is 0 Å². The van der Waals surface area contributed by atoms with Gasteiger partial charge in [0.05, 0.1) is 5.52 Å². The van der Waals surface area contributed by atoms with Crippen LogP contribution >= 0.6 is 0 Å². The molecule has 2 rings (SSSR count). The van der Waals surface area contributed by atoms with Crippen molar-refractivity contribution < 1.29 is 0 Å². The number of rotatable bonds is 4. The smallest absolute Gasteiger partial charge is 0.0702 e. The highest BCUT2D eigenvalue weighted by molar-refractivity contribution is 5.78. The number of nitrogens with zero attached hydrogens (tertiary/aromatic N) is 1. The van der Waals surface area contributed by atoms with Gasteiger partial charge in [0.2, 0.25) is 0 Å². The average Bonchev–Trinajstić information content (AvgIpc) is 2.29. The number of hydrogen-bond acceptors (Lipinski definition) is 2. The number of hydrogen-bond donors (Lipinski definition) is 1. The minimum absolute atomic E-state index is 1.07. The molecule has 0 bridgehead atoms. The number of pyridine rings is 1. The van der Waals surface area contributed by atoms with Crippen molar-refractivity contribution in [3.05, 3.63) is 42.1 Å². The van der Waals surface area contributed by atoms with E-state index in [9.17, 15) is 0 Å². The zero-order valence-electron chi connectivity index (χ0n) is 9.03. The average molecular weight is 200 g/mol. The van der Waals surface area contributed by atoms with Gasteiger partial charge in [0.25, 0.3) is 0 Å². The van der Waals surface area contributed by atoms with E-state index >= 15 is 0 Å². The molecule has 1 N–H and O–H groups in total. The van der Waals surface area contributed by atoms with E-state index in [2.05, 4.69) is 34.6 Å². The van der Waals surface area contributed by atoms with Gasteiger partial charge in [-0.25, -0.2) is 0 Å². The van der Waals surface area contributed by atoms with Crippen LogP contribution < -0.4 is 5.32 Å². The van der Waals surface area contributed by atoms with Crippen LogP contribution in [0.5, 0.6) is 0 Å². The third-order valence-electron chi connectivity index (χ3n) is 2.56. The maximum atomic E-state index is 4.31. The highest BCUT2D eigenvalue weighted by atomic mass is 14.8. The highest BCUT2D eigenvalue weighted by Gasteiger charge is 1.96. The lowest BCUT2D eigenvalue weighted by Gasteiger charge is -2.03. The van der Waals surface area contributed by atoms with E-state index in [1.807, 2.05) is 19.3 Å². The molecule has 0 atom stereocenters. The van der Waals surface area contributed by atoms with Crippen LogP contribution in [0.25, 0.3) is 10.9 Å². The minimum Gasteiger partial charge on any atom is -0.320 e. The first kappa shape index (κ1) is 10.1. The fourth-order valence-electron chi connectivity index (χ4n) is 1.75. The van der Waals surface area contributed by atoms with Crippen LogP contribution in [0.4, 0.5) is 0 Å². The Morgan fingerprint density at radius 3 is 3.07 bits per heavy atom. The quantitative estimate of drug-likeness (QED) is 0.766. The van der Waals surface area contributed by atoms with Crippen molar-refractivity contribution in [2.45, 2.75) is 12.8 Å². The van der Waals surface area contributed by atoms with Gasteiger partial charge < -0.3 is 5.32 Å². The van der Waals surface area contributed by atoms with Crippen molar-refractivity contribution in [2.75, 3.05) is 13.6 Å². The molecule has 2 heteroatoms. The fraction of sp³-hybridized carbons (Fsp3) is 0.308. The maximum Gasteiger partial charge on any atom is 0.0702 e. The second-order valence-corrected chi connectivity index (χ2v) is 3.74. The van der Waals surface area contributed by atoms with Crippen LogP contribution in [0.1, 0.15) is 12.0 Å². The summed E-state index contributed by atoms with van der Waals surface area (Å²) < 4.78 is 0. The summed E-state index contributed by atoms with van der Waals surface area (Å²) in [4.78, 5) is 4.31. The van der Waals surface area contributed by atoms with Gasteiger partial charge in [0.1, 0.15) is 0 Å². The summed E-state index contributed by atoms with van der Waals surface area (Å²) in [6, 6.07) is 10.6. The summed E-state index contributed by atoms with van der Waals surface area (Å²) in [5, 5.41) is 4.40. The molecule has 1 aromatic carbocycles. The first-order valence-electron chi connectivity index (χ1n) is 5.38. The maximum absolute atomic E-state index is 4.31. The normalized spacial score (nSPS) is 10.7. The second kappa shape index (κ2) is 4.89. The molecule has 78 valence electrons. The van der Waals surface area contributed by atoms with Gasteiger partial charge in [-0.05, 0) is 50.2 Å². The summed E-state index contributed by atoms with van der Waals surface area (Å²) in [6.07, 6.45) is 4.15. The van der Waals surface area contributed by atoms with Crippen LogP contribution in [0.2, 0.25) is 0 Å². The third-order valence-corrected chi connectivity index (χ3v) is 2.56. The standard InChI is InChI=1S/C13H16N2/c1-14-8-2-4-11-6-7-13-12(10-11)5-3-9-15-13/h3,5-7,9-10,14H,2,4,8H2,1H3. The summed E-state index contributed by atoms with van der Waals surface area (Å²) in [6.45, 7) is 1.07. The molecule has 0 aliphatic rings. The van der Waals surface area contributed by atoms with Gasteiger partial charge in [0.15, 0.2) is 0 Å². The number of nitrogens with one attached hydrogen (secondary N) is 1. The van der Waals surface area contributed by atoms with Crippen LogP contribution in [-0.2, 0) is 6.42 Å². The van der Waals surface area contributed by atoms with Gasteiger partial charge >= 0.3 is 0 Å². The van der Waals surface area contributed by atoms with Gasteiger partial charge in [0, 0.05) is 11.6 Å². The molecule has 0 fully saturated rings. The van der Waals surface area contributed by atoms with Crippen molar-refractivity contribution in [2.24, 2.45) is 0 Å². The molecular formula is C13H16N2. The van der Waals surface area contributed by atoms with Gasteiger partial charge in [-0.1, -0.05) is 12.1 Å². The molecule has 0 radical (unpaired) electrons. The Morgan fingerprint density at radius 2 is 2.20 bits per heavy atom. The van der Waals surface area contributed by atoms with E-state index in [0.29, 0.717) is 0 Å². The molecule has 2 nitrogen and oxygen atoms in total. The Hall–Kier alpha value is -1.41. The predicted molar refractivity (Wildman–Crippen MR) is 64.0 cm³/mol.